The Hall–Kier alpha value is -1.08. The van der Waals surface area contributed by atoms with Gasteiger partial charge in [0.25, 0.3) is 0 Å². The zero-order chi connectivity index (χ0) is 17.5. The monoisotopic (exact) mass is 392 g/mol. The fourth-order valence-corrected chi connectivity index (χ4v) is 4.41. The Balaban J connectivity index is 2.53. The summed E-state index contributed by atoms with van der Waals surface area (Å²) in [5, 5.41) is 0. The van der Waals surface area contributed by atoms with Crippen molar-refractivity contribution in [3.05, 3.63) is 59.7 Å². The van der Waals surface area contributed by atoms with Gasteiger partial charge < -0.3 is 5.73 Å². The molecule has 2 aromatic carbocycles. The maximum absolute atomic E-state index is 5.73. The third-order valence-corrected chi connectivity index (χ3v) is 6.76. The van der Waals surface area contributed by atoms with Crippen molar-refractivity contribution in [2.24, 2.45) is 5.73 Å². The molecule has 0 fully saturated rings. The van der Waals surface area contributed by atoms with Crippen molar-refractivity contribution in [1.82, 2.24) is 0 Å². The van der Waals surface area contributed by atoms with E-state index in [2.05, 4.69) is 55.1 Å². The lowest BCUT2D eigenvalue weighted by molar-refractivity contribution is 1.10. The SMILES string of the molecule is CCc1ccccc1N(C(=S)SSC(N)=S)c1ccccc1CC. The first-order chi connectivity index (χ1) is 11.6. The maximum atomic E-state index is 5.73. The number of aryl methyl sites for hydroxylation is 2. The standard InChI is InChI=1S/C18H20N2S4/c1-3-13-9-5-7-11-15(13)20(18(22)24-23-17(19)21)16-12-8-6-10-14(16)4-2/h5-12H,3-4H2,1-2H3,(H2,19,21). The van der Waals surface area contributed by atoms with Crippen molar-refractivity contribution < 1.29 is 0 Å². The molecule has 0 atom stereocenters. The van der Waals surface area contributed by atoms with E-state index in [1.807, 2.05) is 12.1 Å². The highest BCUT2D eigenvalue weighted by Crippen LogP contribution is 2.37. The highest BCUT2D eigenvalue weighted by atomic mass is 33.1. The van der Waals surface area contributed by atoms with Gasteiger partial charge in [-0.1, -0.05) is 74.7 Å². The molecule has 2 N–H and O–H groups in total. The first-order valence-electron chi connectivity index (χ1n) is 7.72. The molecule has 0 saturated carbocycles. The number of hydrogen-bond donors (Lipinski definition) is 1. The van der Waals surface area contributed by atoms with Crippen LogP contribution in [-0.4, -0.2) is 8.64 Å². The number of hydrogen-bond acceptors (Lipinski definition) is 4. The van der Waals surface area contributed by atoms with Crippen molar-refractivity contribution in [3.8, 4) is 0 Å². The van der Waals surface area contributed by atoms with E-state index in [4.69, 9.17) is 30.2 Å². The van der Waals surface area contributed by atoms with Crippen LogP contribution in [0, 0.1) is 0 Å². The smallest absolute Gasteiger partial charge is 0.156 e. The lowest BCUT2D eigenvalue weighted by Gasteiger charge is -2.28. The van der Waals surface area contributed by atoms with Gasteiger partial charge in [0.15, 0.2) is 4.32 Å². The second-order valence-corrected chi connectivity index (χ2v) is 8.55. The Labute approximate surface area is 162 Å². The van der Waals surface area contributed by atoms with Crippen LogP contribution in [0.15, 0.2) is 48.5 Å². The van der Waals surface area contributed by atoms with Gasteiger partial charge in [0, 0.05) is 0 Å². The van der Waals surface area contributed by atoms with Gasteiger partial charge in [-0.05, 0) is 57.7 Å². The summed E-state index contributed by atoms with van der Waals surface area (Å²) in [5.74, 6) is 0. The molecule has 0 amide bonds. The molecule has 0 saturated heterocycles. The van der Waals surface area contributed by atoms with E-state index in [0.717, 1.165) is 28.5 Å². The number of nitrogens with two attached hydrogens (primary N) is 1. The van der Waals surface area contributed by atoms with Crippen LogP contribution < -0.4 is 10.6 Å². The Morgan fingerprint density at radius 3 is 1.75 bits per heavy atom. The lowest BCUT2D eigenvalue weighted by Crippen LogP contribution is -2.23. The molecule has 0 unspecified atom stereocenters. The van der Waals surface area contributed by atoms with E-state index in [-0.39, 0.29) is 0 Å². The summed E-state index contributed by atoms with van der Waals surface area (Å²) < 4.78 is 1.12. The Kier molecular flexibility index (Phi) is 7.55. The minimum absolute atomic E-state index is 0.384. The van der Waals surface area contributed by atoms with Crippen molar-refractivity contribution >= 4 is 66.0 Å². The van der Waals surface area contributed by atoms with Crippen LogP contribution in [0.4, 0.5) is 11.4 Å². The van der Waals surface area contributed by atoms with Crippen molar-refractivity contribution in [1.29, 1.82) is 0 Å². The van der Waals surface area contributed by atoms with E-state index in [1.54, 1.807) is 0 Å². The molecule has 6 heteroatoms. The Morgan fingerprint density at radius 1 is 0.875 bits per heavy atom. The van der Waals surface area contributed by atoms with Gasteiger partial charge in [-0.3, -0.25) is 4.90 Å². The zero-order valence-corrected chi connectivity index (χ0v) is 17.0. The van der Waals surface area contributed by atoms with Gasteiger partial charge in [-0.15, -0.1) is 0 Å². The molecule has 0 bridgehead atoms. The highest BCUT2D eigenvalue weighted by Gasteiger charge is 2.20. The molecule has 2 rings (SSSR count). The summed E-state index contributed by atoms with van der Waals surface area (Å²) in [6.07, 6.45) is 1.88. The predicted molar refractivity (Wildman–Crippen MR) is 118 cm³/mol. The molecule has 0 spiro atoms. The number of anilines is 2. The Bertz CT molecular complexity index is 683. The maximum Gasteiger partial charge on any atom is 0.156 e. The summed E-state index contributed by atoms with van der Waals surface area (Å²) in [5.41, 5.74) is 10.4. The lowest BCUT2D eigenvalue weighted by atomic mass is 10.1. The molecular formula is C18H20N2S4. The van der Waals surface area contributed by atoms with E-state index in [0.29, 0.717) is 4.32 Å². The topological polar surface area (TPSA) is 29.3 Å². The molecule has 0 aliphatic carbocycles. The van der Waals surface area contributed by atoms with Crippen LogP contribution in [0.2, 0.25) is 0 Å². The van der Waals surface area contributed by atoms with E-state index < -0.39 is 0 Å². The van der Waals surface area contributed by atoms with Crippen LogP contribution in [-0.2, 0) is 12.8 Å². The fourth-order valence-electron chi connectivity index (χ4n) is 2.50. The van der Waals surface area contributed by atoms with Crippen molar-refractivity contribution in [2.45, 2.75) is 26.7 Å². The number of nitrogens with zero attached hydrogens (tertiary/aromatic N) is 1. The fraction of sp³-hybridized carbons (Fsp3) is 0.222. The van der Waals surface area contributed by atoms with Gasteiger partial charge in [-0.25, -0.2) is 0 Å². The number of benzene rings is 2. The normalized spacial score (nSPS) is 10.4. The largest absolute Gasteiger partial charge is 0.384 e. The second kappa shape index (κ2) is 9.42. The van der Waals surface area contributed by atoms with E-state index >= 15 is 0 Å². The van der Waals surface area contributed by atoms with Crippen LogP contribution in [0.5, 0.6) is 0 Å². The number of rotatable bonds is 4. The molecule has 0 heterocycles. The first kappa shape index (κ1) is 19.2. The van der Waals surface area contributed by atoms with E-state index in [1.165, 1.54) is 32.7 Å². The molecule has 0 radical (unpaired) electrons. The molecule has 2 nitrogen and oxygen atoms in total. The first-order valence-corrected chi connectivity index (χ1v) is 10.7. The molecule has 2 aromatic rings. The number of para-hydroxylation sites is 2. The zero-order valence-electron chi connectivity index (χ0n) is 13.7. The molecular weight excluding hydrogens is 372 g/mol. The van der Waals surface area contributed by atoms with Crippen LogP contribution in [0.3, 0.4) is 0 Å². The molecule has 0 aliphatic heterocycles. The average Bonchev–Trinajstić information content (AvgIpc) is 2.61. The average molecular weight is 393 g/mol. The van der Waals surface area contributed by atoms with Gasteiger partial charge in [-0.2, -0.15) is 0 Å². The summed E-state index contributed by atoms with van der Waals surface area (Å²) in [4.78, 5) is 2.14. The van der Waals surface area contributed by atoms with E-state index in [9.17, 15) is 0 Å². The van der Waals surface area contributed by atoms with Gasteiger partial charge in [0.1, 0.15) is 4.32 Å². The summed E-state index contributed by atoms with van der Waals surface area (Å²) in [6, 6.07) is 16.7. The third-order valence-electron chi connectivity index (χ3n) is 3.60. The minimum Gasteiger partial charge on any atom is -0.384 e. The summed E-state index contributed by atoms with van der Waals surface area (Å²) >= 11 is 10.7. The summed E-state index contributed by atoms with van der Waals surface area (Å²) in [6.45, 7) is 4.31. The predicted octanol–water partition coefficient (Wildman–Crippen LogP) is 5.86. The molecule has 0 aliphatic rings. The quantitative estimate of drug-likeness (QED) is 0.518. The molecule has 126 valence electrons. The van der Waals surface area contributed by atoms with Crippen LogP contribution in [0.25, 0.3) is 0 Å². The van der Waals surface area contributed by atoms with Crippen LogP contribution >= 0.6 is 46.0 Å². The number of thiocarbonyl (C=S) groups is 2. The van der Waals surface area contributed by atoms with Gasteiger partial charge >= 0.3 is 0 Å². The minimum atomic E-state index is 0.384. The van der Waals surface area contributed by atoms with Crippen molar-refractivity contribution in [3.63, 3.8) is 0 Å². The summed E-state index contributed by atoms with van der Waals surface area (Å²) in [7, 11) is 2.76. The third kappa shape index (κ3) is 4.72. The van der Waals surface area contributed by atoms with Gasteiger partial charge in [0.05, 0.1) is 11.4 Å². The Morgan fingerprint density at radius 2 is 1.33 bits per heavy atom. The second-order valence-electron chi connectivity index (χ2n) is 5.05. The van der Waals surface area contributed by atoms with Crippen LogP contribution in [0.1, 0.15) is 25.0 Å². The highest BCUT2D eigenvalue weighted by molar-refractivity contribution is 8.89. The van der Waals surface area contributed by atoms with Crippen molar-refractivity contribution in [2.75, 3.05) is 4.90 Å². The molecule has 0 aromatic heterocycles. The molecule has 24 heavy (non-hydrogen) atoms. The van der Waals surface area contributed by atoms with Gasteiger partial charge in [0.2, 0.25) is 0 Å².